The van der Waals surface area contributed by atoms with E-state index in [4.69, 9.17) is 10.00 Å². The third-order valence-corrected chi connectivity index (χ3v) is 3.64. The lowest BCUT2D eigenvalue weighted by Crippen LogP contribution is -2.43. The van der Waals surface area contributed by atoms with Crippen molar-refractivity contribution in [2.24, 2.45) is 0 Å². The number of nitriles is 1. The zero-order chi connectivity index (χ0) is 18.2. The second kappa shape index (κ2) is 8.60. The summed E-state index contributed by atoms with van der Waals surface area (Å²) in [7, 11) is 1.23. The molecule has 1 atom stereocenters. The largest absolute Gasteiger partial charge is 0.467 e. The average molecular weight is 340 g/mol. The van der Waals surface area contributed by atoms with Crippen molar-refractivity contribution >= 4 is 11.9 Å². The van der Waals surface area contributed by atoms with E-state index >= 15 is 0 Å². The van der Waals surface area contributed by atoms with Crippen molar-refractivity contribution in [3.8, 4) is 6.07 Å². The molecular formula is C19H17FN2O3. The number of halogens is 1. The Labute approximate surface area is 145 Å². The van der Waals surface area contributed by atoms with E-state index in [1.165, 1.54) is 25.3 Å². The van der Waals surface area contributed by atoms with Crippen LogP contribution in [0.2, 0.25) is 0 Å². The number of carbonyl (C=O) groups is 2. The monoisotopic (exact) mass is 340 g/mol. The van der Waals surface area contributed by atoms with Crippen molar-refractivity contribution in [1.82, 2.24) is 5.32 Å². The molecule has 0 fully saturated rings. The minimum Gasteiger partial charge on any atom is -0.467 e. The van der Waals surface area contributed by atoms with Crippen LogP contribution in [0.15, 0.2) is 48.5 Å². The lowest BCUT2D eigenvalue weighted by molar-refractivity contribution is -0.145. The van der Waals surface area contributed by atoms with Gasteiger partial charge in [0.25, 0.3) is 0 Å². The van der Waals surface area contributed by atoms with E-state index in [0.717, 1.165) is 0 Å². The van der Waals surface area contributed by atoms with Gasteiger partial charge in [0, 0.05) is 6.42 Å². The summed E-state index contributed by atoms with van der Waals surface area (Å²) < 4.78 is 17.9. The van der Waals surface area contributed by atoms with Gasteiger partial charge in [-0.3, -0.25) is 4.79 Å². The molecule has 0 bridgehead atoms. The number of ether oxygens (including phenoxy) is 1. The highest BCUT2D eigenvalue weighted by molar-refractivity contribution is 5.85. The van der Waals surface area contributed by atoms with Crippen LogP contribution in [0.1, 0.15) is 16.7 Å². The summed E-state index contributed by atoms with van der Waals surface area (Å²) in [5, 5.41) is 11.7. The first kappa shape index (κ1) is 18.1. The third-order valence-electron chi connectivity index (χ3n) is 3.64. The maximum Gasteiger partial charge on any atom is 0.328 e. The zero-order valence-electron chi connectivity index (χ0n) is 13.7. The van der Waals surface area contributed by atoms with Gasteiger partial charge in [-0.25, -0.2) is 9.18 Å². The Kier molecular flexibility index (Phi) is 6.24. The summed E-state index contributed by atoms with van der Waals surface area (Å²) >= 11 is 0. The molecule has 0 aliphatic rings. The van der Waals surface area contributed by atoms with Crippen molar-refractivity contribution in [1.29, 1.82) is 5.26 Å². The Morgan fingerprint density at radius 1 is 1.24 bits per heavy atom. The lowest BCUT2D eigenvalue weighted by Gasteiger charge is -2.17. The molecule has 0 spiro atoms. The molecule has 2 aromatic rings. The number of nitrogens with zero attached hydrogens (tertiary/aromatic N) is 1. The van der Waals surface area contributed by atoms with Gasteiger partial charge in [-0.1, -0.05) is 30.3 Å². The van der Waals surface area contributed by atoms with E-state index in [2.05, 4.69) is 11.4 Å². The maximum absolute atomic E-state index is 13.2. The molecule has 0 unspecified atom stereocenters. The van der Waals surface area contributed by atoms with Gasteiger partial charge in [0.2, 0.25) is 5.91 Å². The minimum atomic E-state index is -0.930. The Hall–Kier alpha value is -3.20. The summed E-state index contributed by atoms with van der Waals surface area (Å²) in [6.45, 7) is 0. The van der Waals surface area contributed by atoms with Gasteiger partial charge in [0.05, 0.1) is 25.2 Å². The molecule has 25 heavy (non-hydrogen) atoms. The van der Waals surface area contributed by atoms with Crippen molar-refractivity contribution in [2.75, 3.05) is 7.11 Å². The van der Waals surface area contributed by atoms with E-state index in [1.807, 2.05) is 0 Å². The van der Waals surface area contributed by atoms with Crippen LogP contribution in [0, 0.1) is 17.1 Å². The normalized spacial score (nSPS) is 11.2. The summed E-state index contributed by atoms with van der Waals surface area (Å²) in [5.74, 6) is -1.48. The number of nitrogens with one attached hydrogen (secondary N) is 1. The Bertz CT molecular complexity index is 814. The molecule has 0 saturated carbocycles. The molecular weight excluding hydrogens is 323 g/mol. The second-order valence-corrected chi connectivity index (χ2v) is 5.42. The first-order valence-electron chi connectivity index (χ1n) is 7.63. The van der Waals surface area contributed by atoms with E-state index in [1.54, 1.807) is 30.3 Å². The number of methoxy groups -OCH3 is 1. The van der Waals surface area contributed by atoms with Crippen molar-refractivity contribution in [2.45, 2.75) is 18.9 Å². The molecule has 1 amide bonds. The van der Waals surface area contributed by atoms with E-state index in [-0.39, 0.29) is 12.8 Å². The fraction of sp³-hybridized carbons (Fsp3) is 0.211. The molecule has 0 aromatic heterocycles. The number of benzene rings is 2. The molecule has 2 aromatic carbocycles. The summed E-state index contributed by atoms with van der Waals surface area (Å²) in [6.07, 6.45) is 0.0659. The van der Waals surface area contributed by atoms with Gasteiger partial charge >= 0.3 is 5.97 Å². The maximum atomic E-state index is 13.2. The number of amides is 1. The van der Waals surface area contributed by atoms with Crippen molar-refractivity contribution < 1.29 is 18.7 Å². The van der Waals surface area contributed by atoms with Gasteiger partial charge in [0.1, 0.15) is 11.9 Å². The molecule has 0 aliphatic heterocycles. The van der Waals surface area contributed by atoms with E-state index in [9.17, 15) is 14.0 Å². The first-order valence-corrected chi connectivity index (χ1v) is 7.63. The number of hydrogen-bond acceptors (Lipinski definition) is 4. The predicted octanol–water partition coefficient (Wildman–Crippen LogP) is 2.14. The summed E-state index contributed by atoms with van der Waals surface area (Å²) in [4.78, 5) is 24.2. The molecule has 128 valence electrons. The molecule has 0 heterocycles. The second-order valence-electron chi connectivity index (χ2n) is 5.42. The van der Waals surface area contributed by atoms with Crippen LogP contribution in [-0.4, -0.2) is 25.0 Å². The molecule has 5 nitrogen and oxygen atoms in total. The fourth-order valence-corrected chi connectivity index (χ4v) is 2.44. The van der Waals surface area contributed by atoms with Gasteiger partial charge in [-0.2, -0.15) is 5.26 Å². The molecule has 1 N–H and O–H groups in total. The number of esters is 1. The smallest absolute Gasteiger partial charge is 0.328 e. The first-order chi connectivity index (χ1) is 12.0. The van der Waals surface area contributed by atoms with Gasteiger partial charge in [-0.15, -0.1) is 0 Å². The highest BCUT2D eigenvalue weighted by Gasteiger charge is 2.23. The average Bonchev–Trinajstić information content (AvgIpc) is 2.60. The standard InChI is InChI=1S/C19H17FN2O3/c1-25-19(24)17(11-14-6-2-3-7-15(14)12-21)22-18(23)10-13-5-4-8-16(20)9-13/h2-9,17H,10-11H2,1H3,(H,22,23)/t17-/m0/s1. The van der Waals surface area contributed by atoms with Gasteiger partial charge in [0.15, 0.2) is 0 Å². The fourth-order valence-electron chi connectivity index (χ4n) is 2.44. The zero-order valence-corrected chi connectivity index (χ0v) is 13.7. The molecule has 0 aliphatic carbocycles. The summed E-state index contributed by atoms with van der Waals surface area (Å²) in [6, 6.07) is 13.6. The quantitative estimate of drug-likeness (QED) is 0.817. The minimum absolute atomic E-state index is 0.0643. The third kappa shape index (κ3) is 5.15. The van der Waals surface area contributed by atoms with Crippen LogP contribution in [0.5, 0.6) is 0 Å². The van der Waals surface area contributed by atoms with Crippen molar-refractivity contribution in [3.63, 3.8) is 0 Å². The number of hydrogen-bond donors (Lipinski definition) is 1. The van der Waals surface area contributed by atoms with E-state index in [0.29, 0.717) is 16.7 Å². The van der Waals surface area contributed by atoms with Crippen molar-refractivity contribution in [3.05, 3.63) is 71.0 Å². The SMILES string of the molecule is COC(=O)[C@H](Cc1ccccc1C#N)NC(=O)Cc1cccc(F)c1. The molecule has 6 heteroatoms. The molecule has 0 radical (unpaired) electrons. The van der Waals surface area contributed by atoms with Gasteiger partial charge < -0.3 is 10.1 Å². The van der Waals surface area contributed by atoms with E-state index < -0.39 is 23.7 Å². The van der Waals surface area contributed by atoms with Crippen LogP contribution in [-0.2, 0) is 27.2 Å². The van der Waals surface area contributed by atoms with Crippen LogP contribution in [0.25, 0.3) is 0 Å². The summed E-state index contributed by atoms with van der Waals surface area (Å²) in [5.41, 5.74) is 1.56. The predicted molar refractivity (Wildman–Crippen MR) is 88.9 cm³/mol. The number of rotatable bonds is 6. The molecule has 2 rings (SSSR count). The number of carbonyl (C=O) groups excluding carboxylic acids is 2. The van der Waals surface area contributed by atoms with Crippen LogP contribution in [0.4, 0.5) is 4.39 Å². The van der Waals surface area contributed by atoms with Crippen LogP contribution >= 0.6 is 0 Å². The lowest BCUT2D eigenvalue weighted by atomic mass is 10.0. The van der Waals surface area contributed by atoms with Crippen LogP contribution < -0.4 is 5.32 Å². The highest BCUT2D eigenvalue weighted by Crippen LogP contribution is 2.11. The topological polar surface area (TPSA) is 79.2 Å². The Morgan fingerprint density at radius 2 is 2.00 bits per heavy atom. The highest BCUT2D eigenvalue weighted by atomic mass is 19.1. The van der Waals surface area contributed by atoms with Crippen LogP contribution in [0.3, 0.4) is 0 Å². The Balaban J connectivity index is 2.11. The Morgan fingerprint density at radius 3 is 2.68 bits per heavy atom. The van der Waals surface area contributed by atoms with Gasteiger partial charge in [-0.05, 0) is 29.3 Å². The molecule has 0 saturated heterocycles.